The number of hydrogen-bond donors (Lipinski definition) is 0. The van der Waals surface area contributed by atoms with E-state index in [1.165, 1.54) is 0 Å². The Bertz CT molecular complexity index is 1260. The second-order valence-electron chi connectivity index (χ2n) is 8.57. The predicted octanol–water partition coefficient (Wildman–Crippen LogP) is 6.09. The molecule has 0 aliphatic heterocycles. The number of carbonyl (C=O) groups excluding carboxylic acids is 1. The molecule has 5 rings (SSSR count). The van der Waals surface area contributed by atoms with Crippen LogP contribution in [0.4, 0.5) is 0 Å². The Morgan fingerprint density at radius 1 is 0.970 bits per heavy atom. The van der Waals surface area contributed by atoms with Gasteiger partial charge >= 0.3 is 0 Å². The molecular weight excluding hydrogens is 410 g/mol. The van der Waals surface area contributed by atoms with Crippen LogP contribution in [0.2, 0.25) is 0 Å². The number of aryl methyl sites for hydroxylation is 2. The summed E-state index contributed by atoms with van der Waals surface area (Å²) in [5.41, 5.74) is 4.53. The number of carbonyl (C=O) groups is 1. The molecule has 5 nitrogen and oxygen atoms in total. The van der Waals surface area contributed by atoms with Crippen LogP contribution in [-0.4, -0.2) is 26.6 Å². The van der Waals surface area contributed by atoms with E-state index >= 15 is 0 Å². The van der Waals surface area contributed by atoms with Crippen LogP contribution in [0.3, 0.4) is 0 Å². The summed E-state index contributed by atoms with van der Waals surface area (Å²) in [6.45, 7) is 4.48. The summed E-state index contributed by atoms with van der Waals surface area (Å²) in [5.74, 6) is 1.45. The molecule has 0 N–H and O–H groups in total. The van der Waals surface area contributed by atoms with Crippen molar-refractivity contribution in [1.29, 1.82) is 0 Å². The third-order valence-corrected chi connectivity index (χ3v) is 5.94. The lowest BCUT2D eigenvalue weighted by Crippen LogP contribution is -2.32. The Kier molecular flexibility index (Phi) is 5.69. The van der Waals surface area contributed by atoms with Gasteiger partial charge in [-0.1, -0.05) is 48.5 Å². The highest BCUT2D eigenvalue weighted by atomic mass is 16.5. The minimum Gasteiger partial charge on any atom is -0.439 e. The van der Waals surface area contributed by atoms with Gasteiger partial charge in [-0.15, -0.1) is 0 Å². The summed E-state index contributed by atoms with van der Waals surface area (Å²) in [6.07, 6.45) is 2.05. The van der Waals surface area contributed by atoms with Crippen molar-refractivity contribution in [2.45, 2.75) is 39.3 Å². The molecule has 1 aromatic heterocycles. The standard InChI is InChI=1S/C28H27N3O2/c1-20-10-9-15-25(18-20)33-28-26(21(2)29-31(28)24-13-7-4-8-14-24)19-30(23-16-17-23)27(32)22-11-5-3-6-12-22/h3-15,18,23H,16-17,19H2,1-2H3. The molecule has 1 heterocycles. The zero-order valence-corrected chi connectivity index (χ0v) is 18.9. The summed E-state index contributed by atoms with van der Waals surface area (Å²) in [6, 6.07) is 27.7. The SMILES string of the molecule is Cc1cccc(Oc2c(CN(C(=O)c3ccccc3)C3CC3)c(C)nn2-c2ccccc2)c1. The number of benzene rings is 3. The molecule has 0 radical (unpaired) electrons. The molecule has 1 aliphatic carbocycles. The number of aromatic nitrogens is 2. The molecule has 1 aliphatic rings. The number of nitrogens with zero attached hydrogens (tertiary/aromatic N) is 3. The predicted molar refractivity (Wildman–Crippen MR) is 129 cm³/mol. The zero-order valence-electron chi connectivity index (χ0n) is 18.9. The summed E-state index contributed by atoms with van der Waals surface area (Å²) in [5, 5.41) is 4.82. The Morgan fingerprint density at radius 3 is 2.33 bits per heavy atom. The van der Waals surface area contributed by atoms with Gasteiger partial charge in [-0.25, -0.2) is 4.68 Å². The van der Waals surface area contributed by atoms with Gasteiger partial charge in [-0.2, -0.15) is 5.10 Å². The van der Waals surface area contributed by atoms with Crippen LogP contribution in [0.15, 0.2) is 84.9 Å². The summed E-state index contributed by atoms with van der Waals surface area (Å²) < 4.78 is 8.28. The van der Waals surface area contributed by atoms with Gasteiger partial charge in [0, 0.05) is 11.6 Å². The van der Waals surface area contributed by atoms with Crippen molar-refractivity contribution >= 4 is 5.91 Å². The Balaban J connectivity index is 1.56. The highest BCUT2D eigenvalue weighted by Crippen LogP contribution is 2.36. The van der Waals surface area contributed by atoms with Crippen molar-refractivity contribution in [3.05, 3.63) is 107 Å². The molecule has 3 aromatic carbocycles. The monoisotopic (exact) mass is 437 g/mol. The number of hydrogen-bond acceptors (Lipinski definition) is 3. The van der Waals surface area contributed by atoms with Crippen LogP contribution in [0.5, 0.6) is 11.6 Å². The summed E-state index contributed by atoms with van der Waals surface area (Å²) in [7, 11) is 0. The van der Waals surface area contributed by atoms with Crippen LogP contribution in [0, 0.1) is 13.8 Å². The minimum absolute atomic E-state index is 0.0477. The molecule has 1 amide bonds. The highest BCUT2D eigenvalue weighted by molar-refractivity contribution is 5.94. The number of ether oxygens (including phenoxy) is 1. The lowest BCUT2D eigenvalue weighted by molar-refractivity contribution is 0.0729. The first kappa shape index (κ1) is 21.0. The first-order chi connectivity index (χ1) is 16.1. The maximum atomic E-state index is 13.4. The average molecular weight is 438 g/mol. The topological polar surface area (TPSA) is 47.4 Å². The third kappa shape index (κ3) is 4.53. The molecule has 0 atom stereocenters. The van der Waals surface area contributed by atoms with Crippen LogP contribution in [0.1, 0.15) is 40.0 Å². The quantitative estimate of drug-likeness (QED) is 0.352. The molecule has 5 heteroatoms. The van der Waals surface area contributed by atoms with Crippen molar-refractivity contribution in [1.82, 2.24) is 14.7 Å². The molecule has 1 fully saturated rings. The van der Waals surface area contributed by atoms with Gasteiger partial charge in [0.2, 0.25) is 5.88 Å². The molecule has 1 saturated carbocycles. The molecule has 33 heavy (non-hydrogen) atoms. The normalized spacial score (nSPS) is 13.0. The molecule has 4 aromatic rings. The van der Waals surface area contributed by atoms with Gasteiger partial charge in [0.1, 0.15) is 5.75 Å². The fourth-order valence-corrected chi connectivity index (χ4v) is 4.03. The highest BCUT2D eigenvalue weighted by Gasteiger charge is 2.35. The van der Waals surface area contributed by atoms with Gasteiger partial charge in [0.15, 0.2) is 0 Å². The molecule has 0 saturated heterocycles. The van der Waals surface area contributed by atoms with Crippen LogP contribution in [0.25, 0.3) is 5.69 Å². The van der Waals surface area contributed by atoms with Crippen LogP contribution in [-0.2, 0) is 6.54 Å². The average Bonchev–Trinajstić information content (AvgIpc) is 3.64. The van der Waals surface area contributed by atoms with Crippen molar-refractivity contribution in [2.75, 3.05) is 0 Å². The van der Waals surface area contributed by atoms with E-state index < -0.39 is 0 Å². The number of amides is 1. The fraction of sp³-hybridized carbons (Fsp3) is 0.214. The first-order valence-electron chi connectivity index (χ1n) is 11.3. The van der Waals surface area contributed by atoms with Gasteiger partial charge in [-0.3, -0.25) is 4.79 Å². The first-order valence-corrected chi connectivity index (χ1v) is 11.3. The largest absolute Gasteiger partial charge is 0.439 e. The summed E-state index contributed by atoms with van der Waals surface area (Å²) >= 11 is 0. The zero-order chi connectivity index (χ0) is 22.8. The smallest absolute Gasteiger partial charge is 0.254 e. The second kappa shape index (κ2) is 8.94. The molecule has 0 spiro atoms. The van der Waals surface area contributed by atoms with Crippen molar-refractivity contribution in [3.63, 3.8) is 0 Å². The van der Waals surface area contributed by atoms with E-state index in [4.69, 9.17) is 9.84 Å². The lowest BCUT2D eigenvalue weighted by Gasteiger charge is -2.23. The Labute approximate surface area is 194 Å². The van der Waals surface area contributed by atoms with Crippen molar-refractivity contribution < 1.29 is 9.53 Å². The molecule has 0 bridgehead atoms. The van der Waals surface area contributed by atoms with Gasteiger partial charge < -0.3 is 9.64 Å². The van der Waals surface area contributed by atoms with Crippen molar-refractivity contribution in [2.24, 2.45) is 0 Å². The molecular formula is C28H27N3O2. The van der Waals surface area contributed by atoms with E-state index in [2.05, 4.69) is 0 Å². The Morgan fingerprint density at radius 2 is 1.67 bits per heavy atom. The van der Waals surface area contributed by atoms with Gasteiger partial charge in [-0.05, 0) is 68.7 Å². The Hall–Kier alpha value is -3.86. The van der Waals surface area contributed by atoms with Crippen LogP contribution >= 0.6 is 0 Å². The van der Waals surface area contributed by atoms with Gasteiger partial charge in [0.25, 0.3) is 5.91 Å². The fourth-order valence-electron chi connectivity index (χ4n) is 4.03. The molecule has 166 valence electrons. The molecule has 0 unspecified atom stereocenters. The van der Waals surface area contributed by atoms with E-state index in [1.807, 2.05) is 108 Å². The van der Waals surface area contributed by atoms with Gasteiger partial charge in [0.05, 0.1) is 23.5 Å². The third-order valence-electron chi connectivity index (χ3n) is 5.94. The van der Waals surface area contributed by atoms with Crippen molar-refractivity contribution in [3.8, 4) is 17.3 Å². The summed E-state index contributed by atoms with van der Waals surface area (Å²) in [4.78, 5) is 15.4. The maximum Gasteiger partial charge on any atom is 0.254 e. The van der Waals surface area contributed by atoms with E-state index in [1.54, 1.807) is 0 Å². The van der Waals surface area contributed by atoms with E-state index in [9.17, 15) is 4.79 Å². The van der Waals surface area contributed by atoms with E-state index in [-0.39, 0.29) is 11.9 Å². The number of rotatable bonds is 7. The van der Waals surface area contributed by atoms with Crippen LogP contribution < -0.4 is 4.74 Å². The maximum absolute atomic E-state index is 13.4. The minimum atomic E-state index is 0.0477. The van der Waals surface area contributed by atoms with E-state index in [0.717, 1.165) is 41.1 Å². The lowest BCUT2D eigenvalue weighted by atomic mass is 10.1. The second-order valence-corrected chi connectivity index (χ2v) is 8.57. The van der Waals surface area contributed by atoms with E-state index in [0.29, 0.717) is 18.0 Å². The number of para-hydroxylation sites is 1.